The van der Waals surface area contributed by atoms with Crippen LogP contribution in [0.3, 0.4) is 0 Å². The maximum atomic E-state index is 11.2. The quantitative estimate of drug-likeness (QED) is 0.330. The molecule has 0 unspecified atom stereocenters. The Kier molecular flexibility index (Phi) is 7.30. The number of nitriles is 1. The normalized spacial score (nSPS) is 10.8. The van der Waals surface area contributed by atoms with Gasteiger partial charge in [-0.3, -0.25) is 13.9 Å². The van der Waals surface area contributed by atoms with Gasteiger partial charge in [-0.2, -0.15) is 10.4 Å². The van der Waals surface area contributed by atoms with E-state index in [1.165, 1.54) is 30.9 Å². The van der Waals surface area contributed by atoms with Gasteiger partial charge in [-0.05, 0) is 18.2 Å². The van der Waals surface area contributed by atoms with Crippen molar-refractivity contribution < 1.29 is 24.9 Å². The molecule has 0 saturated heterocycles. The molecule has 1 aromatic carbocycles. The van der Waals surface area contributed by atoms with E-state index < -0.39 is 34.5 Å². The van der Waals surface area contributed by atoms with Crippen LogP contribution in [0.4, 0.5) is 11.5 Å². The number of hydrogen-bond acceptors (Lipinski definition) is 9. The molecule has 0 aliphatic rings. The minimum Gasteiger partial charge on any atom is -0.493 e. The zero-order valence-electron chi connectivity index (χ0n) is 20.1. The van der Waals surface area contributed by atoms with Gasteiger partial charge in [-0.15, -0.1) is 0 Å². The van der Waals surface area contributed by atoms with E-state index in [0.29, 0.717) is 5.69 Å². The summed E-state index contributed by atoms with van der Waals surface area (Å²) in [4.78, 5) is 44.6. The summed E-state index contributed by atoms with van der Waals surface area (Å²) in [6, 6.07) is 5.55. The number of anilines is 2. The molecule has 2 heterocycles. The van der Waals surface area contributed by atoms with Gasteiger partial charge in [0.2, 0.25) is 5.88 Å². The van der Waals surface area contributed by atoms with E-state index in [1.807, 2.05) is 26.8 Å². The summed E-state index contributed by atoms with van der Waals surface area (Å²) in [5.74, 6) is -3.02. The lowest BCUT2D eigenvalue weighted by Crippen LogP contribution is -2.37. The predicted molar refractivity (Wildman–Crippen MR) is 128 cm³/mol. The van der Waals surface area contributed by atoms with Crippen LogP contribution >= 0.6 is 0 Å². The molecule has 0 fully saturated rings. The first-order chi connectivity index (χ1) is 16.5. The van der Waals surface area contributed by atoms with Gasteiger partial charge in [-0.1, -0.05) is 20.8 Å². The molecule has 3 rings (SSSR count). The van der Waals surface area contributed by atoms with Crippen LogP contribution in [0.2, 0.25) is 0 Å². The molecule has 36 heavy (non-hydrogen) atoms. The number of nitrogens with zero attached hydrogens (tertiary/aromatic N) is 5. The Morgan fingerprint density at radius 1 is 1.00 bits per heavy atom. The largest absolute Gasteiger partial charge is 0.493 e. The van der Waals surface area contributed by atoms with Crippen molar-refractivity contribution >= 4 is 23.4 Å². The molecule has 0 radical (unpaired) electrons. The van der Waals surface area contributed by atoms with Crippen LogP contribution < -0.4 is 22.7 Å². The van der Waals surface area contributed by atoms with E-state index in [9.17, 15) is 24.4 Å². The summed E-state index contributed by atoms with van der Waals surface area (Å²) in [5, 5.41) is 41.1. The molecule has 0 saturated carbocycles. The topological polar surface area (TPSA) is 232 Å². The van der Waals surface area contributed by atoms with Gasteiger partial charge in [-0.25, -0.2) is 19.1 Å². The number of aromatic nitrogens is 4. The van der Waals surface area contributed by atoms with Gasteiger partial charge in [0.15, 0.2) is 5.69 Å². The first kappa shape index (κ1) is 27.2. The summed E-state index contributed by atoms with van der Waals surface area (Å²) in [6.07, 6.45) is 0. The van der Waals surface area contributed by atoms with E-state index in [1.54, 1.807) is 0 Å². The number of carbonyl (C=O) groups is 2. The molecule has 0 aliphatic heterocycles. The fourth-order valence-electron chi connectivity index (χ4n) is 3.10. The number of aromatic hydroxyl groups is 1. The molecule has 14 nitrogen and oxygen atoms in total. The minimum atomic E-state index is -1.28. The SMILES string of the molecule is CC(C)(C)c1nn(-c2cc(C(=O)O)cc(C(=O)O)c2)c(N)c1C#N.Cn1c(O)c(N)c(=O)n(C)c1=O. The number of aromatic carboxylic acids is 2. The second kappa shape index (κ2) is 9.66. The predicted octanol–water partition coefficient (Wildman–Crippen LogP) is 0.392. The van der Waals surface area contributed by atoms with Crippen molar-refractivity contribution in [2.45, 2.75) is 26.2 Å². The van der Waals surface area contributed by atoms with Gasteiger partial charge < -0.3 is 26.8 Å². The molecule has 0 atom stereocenters. The molecule has 2 aromatic heterocycles. The lowest BCUT2D eigenvalue weighted by molar-refractivity contribution is 0.0696. The monoisotopic (exact) mass is 499 g/mol. The van der Waals surface area contributed by atoms with Gasteiger partial charge in [0.1, 0.15) is 17.5 Å². The van der Waals surface area contributed by atoms with Crippen molar-refractivity contribution in [3.63, 3.8) is 0 Å². The van der Waals surface area contributed by atoms with Crippen LogP contribution in [-0.2, 0) is 19.5 Å². The Hall–Kier alpha value is -5.06. The molecule has 7 N–H and O–H groups in total. The standard InChI is InChI=1S/C16H16N4O4.C6H9N3O3/c1-16(2,3)12-11(7-17)13(18)20(19-12)10-5-8(14(21)22)4-9(6-10)15(23)24;1-8-4(10)3(7)5(11)9(2)6(8)12/h4-6H,18H2,1-3H3,(H,21,22)(H,23,24);10H,7H2,1-2H3. The summed E-state index contributed by atoms with van der Waals surface area (Å²) < 4.78 is 2.92. The summed E-state index contributed by atoms with van der Waals surface area (Å²) in [7, 11) is 2.62. The van der Waals surface area contributed by atoms with E-state index in [2.05, 4.69) is 5.10 Å². The number of carboxylic acid groups (broad SMARTS) is 2. The second-order valence-electron chi connectivity index (χ2n) is 8.70. The molecule has 190 valence electrons. The van der Waals surface area contributed by atoms with Crippen molar-refractivity contribution in [2.75, 3.05) is 11.5 Å². The van der Waals surface area contributed by atoms with Crippen LogP contribution in [0.1, 0.15) is 52.7 Å². The van der Waals surface area contributed by atoms with Crippen molar-refractivity contribution in [2.24, 2.45) is 14.1 Å². The van der Waals surface area contributed by atoms with Crippen LogP contribution in [0.5, 0.6) is 5.88 Å². The highest BCUT2D eigenvalue weighted by Crippen LogP contribution is 2.30. The van der Waals surface area contributed by atoms with Gasteiger partial charge in [0, 0.05) is 19.5 Å². The van der Waals surface area contributed by atoms with E-state index in [0.717, 1.165) is 15.2 Å². The molecule has 0 spiro atoms. The summed E-state index contributed by atoms with van der Waals surface area (Å²) in [6.45, 7) is 5.57. The van der Waals surface area contributed by atoms with E-state index in [-0.39, 0.29) is 33.9 Å². The second-order valence-corrected chi connectivity index (χ2v) is 8.70. The fraction of sp³-hybridized carbons (Fsp3) is 0.273. The number of benzene rings is 1. The Morgan fingerprint density at radius 2 is 1.50 bits per heavy atom. The smallest absolute Gasteiger partial charge is 0.335 e. The van der Waals surface area contributed by atoms with Crippen molar-refractivity contribution in [3.05, 3.63) is 61.4 Å². The van der Waals surface area contributed by atoms with E-state index >= 15 is 0 Å². The third kappa shape index (κ3) is 5.04. The highest BCUT2D eigenvalue weighted by Gasteiger charge is 2.27. The Morgan fingerprint density at radius 3 is 1.89 bits per heavy atom. The third-order valence-corrected chi connectivity index (χ3v) is 5.07. The lowest BCUT2D eigenvalue weighted by Gasteiger charge is -2.15. The molecule has 0 bridgehead atoms. The van der Waals surface area contributed by atoms with Gasteiger partial charge in [0.25, 0.3) is 5.56 Å². The molecule has 3 aromatic rings. The minimum absolute atomic E-state index is 0.0290. The maximum absolute atomic E-state index is 11.2. The van der Waals surface area contributed by atoms with Crippen molar-refractivity contribution in [3.8, 4) is 17.6 Å². The van der Waals surface area contributed by atoms with Crippen LogP contribution in [0.15, 0.2) is 27.8 Å². The highest BCUT2D eigenvalue weighted by molar-refractivity contribution is 5.94. The molecule has 0 amide bonds. The maximum Gasteiger partial charge on any atom is 0.335 e. The lowest BCUT2D eigenvalue weighted by atomic mass is 9.90. The van der Waals surface area contributed by atoms with Crippen LogP contribution in [-0.4, -0.2) is 46.2 Å². The Balaban J connectivity index is 0.000000319. The molecule has 0 aliphatic carbocycles. The number of nitrogens with two attached hydrogens (primary N) is 2. The van der Waals surface area contributed by atoms with Crippen molar-refractivity contribution in [1.82, 2.24) is 18.9 Å². The highest BCUT2D eigenvalue weighted by atomic mass is 16.4. The average molecular weight is 499 g/mol. The van der Waals surface area contributed by atoms with E-state index in [4.69, 9.17) is 26.8 Å². The molecular weight excluding hydrogens is 474 g/mol. The Bertz CT molecular complexity index is 1460. The van der Waals surface area contributed by atoms with Crippen LogP contribution in [0.25, 0.3) is 5.69 Å². The zero-order chi connectivity index (χ0) is 27.7. The fourth-order valence-corrected chi connectivity index (χ4v) is 3.10. The van der Waals surface area contributed by atoms with Gasteiger partial charge >= 0.3 is 17.6 Å². The van der Waals surface area contributed by atoms with Crippen LogP contribution in [0, 0.1) is 11.3 Å². The number of hydrogen-bond donors (Lipinski definition) is 5. The summed E-state index contributed by atoms with van der Waals surface area (Å²) >= 11 is 0. The molecular formula is C22H25N7O7. The third-order valence-electron chi connectivity index (χ3n) is 5.07. The summed E-state index contributed by atoms with van der Waals surface area (Å²) in [5.41, 5.74) is 9.48. The average Bonchev–Trinajstić information content (AvgIpc) is 3.17. The first-order valence-electron chi connectivity index (χ1n) is 10.2. The number of carboxylic acids is 2. The van der Waals surface area contributed by atoms with Crippen molar-refractivity contribution in [1.29, 1.82) is 5.26 Å². The first-order valence-corrected chi connectivity index (χ1v) is 10.2. The number of rotatable bonds is 3. The Labute approximate surface area is 203 Å². The van der Waals surface area contributed by atoms with Gasteiger partial charge in [0.05, 0.1) is 22.5 Å². The molecule has 14 heteroatoms. The zero-order valence-corrected chi connectivity index (χ0v) is 20.1. The number of nitrogen functional groups attached to an aromatic ring is 2.